The third-order valence-corrected chi connectivity index (χ3v) is 2.71. The number of imidazole rings is 1. The van der Waals surface area contributed by atoms with Gasteiger partial charge in [-0.05, 0) is 0 Å². The van der Waals surface area contributed by atoms with E-state index in [9.17, 15) is 4.79 Å². The number of rotatable bonds is 5. The second-order valence-electron chi connectivity index (χ2n) is 3.55. The summed E-state index contributed by atoms with van der Waals surface area (Å²) in [5.41, 5.74) is 0. The van der Waals surface area contributed by atoms with Crippen molar-refractivity contribution < 1.29 is 4.79 Å². The van der Waals surface area contributed by atoms with Gasteiger partial charge in [0.05, 0.1) is 0 Å². The first-order valence-electron chi connectivity index (χ1n) is 4.95. The van der Waals surface area contributed by atoms with Crippen molar-refractivity contribution in [3.05, 3.63) is 18.2 Å². The molecular formula is C10H16ClN3O. The van der Waals surface area contributed by atoms with Gasteiger partial charge in [-0.25, -0.2) is 4.98 Å². The minimum Gasteiger partial charge on any atom is -0.355 e. The Morgan fingerprint density at radius 1 is 1.73 bits per heavy atom. The van der Waals surface area contributed by atoms with Gasteiger partial charge in [-0.2, -0.15) is 0 Å². The van der Waals surface area contributed by atoms with Gasteiger partial charge >= 0.3 is 0 Å². The lowest BCUT2D eigenvalue weighted by Crippen LogP contribution is -2.31. The summed E-state index contributed by atoms with van der Waals surface area (Å²) in [6, 6.07) is 0. The molecule has 0 aliphatic carbocycles. The Labute approximate surface area is 94.6 Å². The molecule has 1 atom stereocenters. The van der Waals surface area contributed by atoms with E-state index in [1.165, 1.54) is 0 Å². The van der Waals surface area contributed by atoms with Crippen molar-refractivity contribution in [3.8, 4) is 0 Å². The van der Waals surface area contributed by atoms with Crippen LogP contribution < -0.4 is 5.32 Å². The zero-order valence-corrected chi connectivity index (χ0v) is 9.79. The molecule has 1 aromatic rings. The number of alkyl halides is 1. The van der Waals surface area contributed by atoms with Crippen molar-refractivity contribution in [1.29, 1.82) is 0 Å². The molecule has 0 bridgehead atoms. The average Bonchev–Trinajstić information content (AvgIpc) is 2.63. The predicted molar refractivity (Wildman–Crippen MR) is 59.8 cm³/mol. The zero-order chi connectivity index (χ0) is 11.3. The number of nitrogens with one attached hydrogen (secondary N) is 1. The molecule has 1 unspecified atom stereocenters. The van der Waals surface area contributed by atoms with E-state index in [4.69, 9.17) is 11.6 Å². The fraction of sp³-hybridized carbons (Fsp3) is 0.600. The molecule has 0 aromatic carbocycles. The van der Waals surface area contributed by atoms with Crippen LogP contribution in [0, 0.1) is 5.92 Å². The van der Waals surface area contributed by atoms with Crippen molar-refractivity contribution in [2.75, 3.05) is 12.4 Å². The summed E-state index contributed by atoms with van der Waals surface area (Å²) >= 11 is 5.57. The maximum absolute atomic E-state index is 11.4. The topological polar surface area (TPSA) is 46.9 Å². The molecule has 0 fully saturated rings. The molecule has 1 N–H and O–H groups in total. The zero-order valence-electron chi connectivity index (χ0n) is 9.03. The summed E-state index contributed by atoms with van der Waals surface area (Å²) in [7, 11) is 1.94. The first-order valence-corrected chi connectivity index (χ1v) is 5.48. The molecule has 0 saturated heterocycles. The van der Waals surface area contributed by atoms with Gasteiger partial charge in [0.15, 0.2) is 0 Å². The van der Waals surface area contributed by atoms with Crippen LogP contribution in [0.1, 0.15) is 12.7 Å². The maximum Gasteiger partial charge on any atom is 0.224 e. The van der Waals surface area contributed by atoms with Gasteiger partial charge in [-0.3, -0.25) is 4.79 Å². The summed E-state index contributed by atoms with van der Waals surface area (Å²) in [4.78, 5) is 15.5. The van der Waals surface area contributed by atoms with E-state index in [0.717, 1.165) is 12.2 Å². The standard InChI is InChI=1S/C10H16ClN3O/c1-8(7-11)10(15)13-4-3-9-12-5-6-14(9)2/h5-6,8H,3-4,7H2,1-2H3,(H,13,15). The SMILES string of the molecule is CC(CCl)C(=O)NCCc1nccn1C. The van der Waals surface area contributed by atoms with Crippen molar-refractivity contribution in [3.63, 3.8) is 0 Å². The first kappa shape index (κ1) is 12.0. The summed E-state index contributed by atoms with van der Waals surface area (Å²) in [6.07, 6.45) is 4.38. The highest BCUT2D eigenvalue weighted by atomic mass is 35.5. The summed E-state index contributed by atoms with van der Waals surface area (Å²) in [6.45, 7) is 2.41. The van der Waals surface area contributed by atoms with E-state index in [1.54, 1.807) is 6.20 Å². The molecule has 0 aliphatic rings. The molecule has 15 heavy (non-hydrogen) atoms. The molecule has 1 amide bonds. The number of amides is 1. The summed E-state index contributed by atoms with van der Waals surface area (Å²) in [5, 5.41) is 2.82. The normalized spacial score (nSPS) is 12.5. The second kappa shape index (κ2) is 5.75. The molecule has 0 radical (unpaired) electrons. The number of carbonyl (C=O) groups is 1. The van der Waals surface area contributed by atoms with Gasteiger partial charge in [-0.15, -0.1) is 11.6 Å². The number of hydrogen-bond donors (Lipinski definition) is 1. The molecule has 84 valence electrons. The number of halogens is 1. The minimum atomic E-state index is -0.131. The van der Waals surface area contributed by atoms with E-state index in [1.807, 2.05) is 24.7 Å². The van der Waals surface area contributed by atoms with E-state index < -0.39 is 0 Å². The predicted octanol–water partition coefficient (Wildman–Crippen LogP) is 0.954. The van der Waals surface area contributed by atoms with Crippen LogP contribution in [0.5, 0.6) is 0 Å². The van der Waals surface area contributed by atoms with Crippen molar-refractivity contribution in [2.45, 2.75) is 13.3 Å². The van der Waals surface area contributed by atoms with Crippen molar-refractivity contribution in [1.82, 2.24) is 14.9 Å². The van der Waals surface area contributed by atoms with Crippen LogP contribution in [0.2, 0.25) is 0 Å². The van der Waals surface area contributed by atoms with Gasteiger partial charge < -0.3 is 9.88 Å². The molecular weight excluding hydrogens is 214 g/mol. The molecule has 4 nitrogen and oxygen atoms in total. The average molecular weight is 230 g/mol. The lowest BCUT2D eigenvalue weighted by molar-refractivity contribution is -0.123. The molecule has 5 heteroatoms. The molecule has 0 spiro atoms. The number of aromatic nitrogens is 2. The smallest absolute Gasteiger partial charge is 0.224 e. The van der Waals surface area contributed by atoms with Crippen LogP contribution in [0.3, 0.4) is 0 Å². The van der Waals surface area contributed by atoms with Crippen molar-refractivity contribution in [2.24, 2.45) is 13.0 Å². The number of aryl methyl sites for hydroxylation is 1. The Hall–Kier alpha value is -1.03. The van der Waals surface area contributed by atoms with Crippen molar-refractivity contribution >= 4 is 17.5 Å². The second-order valence-corrected chi connectivity index (χ2v) is 3.86. The van der Waals surface area contributed by atoms with Crippen LogP contribution in [0.15, 0.2) is 12.4 Å². The Kier molecular flexibility index (Phi) is 4.62. The number of hydrogen-bond acceptors (Lipinski definition) is 2. The van der Waals surface area contributed by atoms with Gasteiger partial charge in [0.25, 0.3) is 0 Å². The third-order valence-electron chi connectivity index (χ3n) is 2.25. The van der Waals surface area contributed by atoms with Gasteiger partial charge in [0.1, 0.15) is 5.82 Å². The molecule has 0 aliphatic heterocycles. The Morgan fingerprint density at radius 2 is 2.47 bits per heavy atom. The quantitative estimate of drug-likeness (QED) is 0.765. The monoisotopic (exact) mass is 229 g/mol. The highest BCUT2D eigenvalue weighted by Gasteiger charge is 2.10. The van der Waals surface area contributed by atoms with Crippen LogP contribution in [0.4, 0.5) is 0 Å². The fourth-order valence-electron chi connectivity index (χ4n) is 1.18. The highest BCUT2D eigenvalue weighted by Crippen LogP contribution is 1.98. The number of carbonyl (C=O) groups excluding carboxylic acids is 1. The summed E-state index contributed by atoms with van der Waals surface area (Å²) < 4.78 is 1.94. The van der Waals surface area contributed by atoms with E-state index in [2.05, 4.69) is 10.3 Å². The van der Waals surface area contributed by atoms with Gasteiger partial charge in [-0.1, -0.05) is 6.92 Å². The number of nitrogens with zero attached hydrogens (tertiary/aromatic N) is 2. The Balaban J connectivity index is 2.28. The first-order chi connectivity index (χ1) is 7.15. The summed E-state index contributed by atoms with van der Waals surface area (Å²) in [5.74, 6) is 1.19. The molecule has 1 rings (SSSR count). The lowest BCUT2D eigenvalue weighted by Gasteiger charge is -2.08. The van der Waals surface area contributed by atoms with Crippen LogP contribution in [-0.4, -0.2) is 27.9 Å². The maximum atomic E-state index is 11.4. The lowest BCUT2D eigenvalue weighted by atomic mass is 10.2. The molecule has 0 saturated carbocycles. The highest BCUT2D eigenvalue weighted by molar-refractivity contribution is 6.19. The third kappa shape index (κ3) is 3.55. The van der Waals surface area contributed by atoms with E-state index in [0.29, 0.717) is 12.4 Å². The van der Waals surface area contributed by atoms with Gasteiger partial charge in [0.2, 0.25) is 5.91 Å². The fourth-order valence-corrected chi connectivity index (χ4v) is 1.32. The van der Waals surface area contributed by atoms with Crippen LogP contribution in [-0.2, 0) is 18.3 Å². The van der Waals surface area contributed by atoms with Gasteiger partial charge in [0, 0.05) is 44.2 Å². The largest absolute Gasteiger partial charge is 0.355 e. The minimum absolute atomic E-state index is 0.000732. The molecule has 1 heterocycles. The van der Waals surface area contributed by atoms with Crippen LogP contribution in [0.25, 0.3) is 0 Å². The Bertz CT molecular complexity index is 324. The van der Waals surface area contributed by atoms with E-state index in [-0.39, 0.29) is 11.8 Å². The van der Waals surface area contributed by atoms with Crippen LogP contribution >= 0.6 is 11.6 Å². The Morgan fingerprint density at radius 3 is 3.00 bits per heavy atom. The molecule has 1 aromatic heterocycles. The van der Waals surface area contributed by atoms with E-state index >= 15 is 0 Å².